The third-order valence-electron chi connectivity index (χ3n) is 5.75. The van der Waals surface area contributed by atoms with Gasteiger partial charge in [0.05, 0.1) is 5.41 Å². The molecule has 0 aromatic carbocycles. The fourth-order valence-electron chi connectivity index (χ4n) is 4.00. The van der Waals surface area contributed by atoms with Gasteiger partial charge in [-0.1, -0.05) is 52.4 Å². The van der Waals surface area contributed by atoms with E-state index in [2.05, 4.69) is 19.2 Å². The molecule has 1 unspecified atom stereocenters. The molecule has 2 fully saturated rings. The number of rotatable bonds is 3. The van der Waals surface area contributed by atoms with Crippen molar-refractivity contribution in [2.24, 2.45) is 16.6 Å². The molecule has 0 heterocycles. The Hall–Kier alpha value is -0.570. The van der Waals surface area contributed by atoms with Crippen LogP contribution in [0.2, 0.25) is 0 Å². The first kappa shape index (κ1) is 15.8. The summed E-state index contributed by atoms with van der Waals surface area (Å²) in [4.78, 5) is 12.9. The van der Waals surface area contributed by atoms with Gasteiger partial charge in [0.2, 0.25) is 5.91 Å². The van der Waals surface area contributed by atoms with Gasteiger partial charge >= 0.3 is 0 Å². The van der Waals surface area contributed by atoms with Crippen LogP contribution >= 0.6 is 0 Å². The van der Waals surface area contributed by atoms with Gasteiger partial charge in [0.1, 0.15) is 0 Å². The van der Waals surface area contributed by atoms with E-state index in [4.69, 9.17) is 5.73 Å². The van der Waals surface area contributed by atoms with Crippen molar-refractivity contribution >= 4 is 5.91 Å². The molecule has 0 aromatic rings. The van der Waals surface area contributed by atoms with Gasteiger partial charge in [0.25, 0.3) is 0 Å². The highest BCUT2D eigenvalue weighted by Crippen LogP contribution is 2.38. The molecule has 2 saturated carbocycles. The van der Waals surface area contributed by atoms with Crippen LogP contribution in [0.1, 0.15) is 78.1 Å². The van der Waals surface area contributed by atoms with Crippen molar-refractivity contribution in [3.63, 3.8) is 0 Å². The van der Waals surface area contributed by atoms with Gasteiger partial charge in [-0.3, -0.25) is 4.79 Å². The lowest BCUT2D eigenvalue weighted by Crippen LogP contribution is -2.53. The number of hydrogen-bond acceptors (Lipinski definition) is 2. The Morgan fingerprint density at radius 3 is 2.20 bits per heavy atom. The molecule has 0 bridgehead atoms. The minimum absolute atomic E-state index is 0.231. The van der Waals surface area contributed by atoms with Crippen LogP contribution in [0.4, 0.5) is 0 Å². The molecule has 20 heavy (non-hydrogen) atoms. The van der Waals surface area contributed by atoms with Crippen molar-refractivity contribution in [1.29, 1.82) is 0 Å². The van der Waals surface area contributed by atoms with E-state index < -0.39 is 0 Å². The van der Waals surface area contributed by atoms with Gasteiger partial charge < -0.3 is 11.1 Å². The largest absolute Gasteiger partial charge is 0.352 e. The first-order valence-corrected chi connectivity index (χ1v) is 8.51. The van der Waals surface area contributed by atoms with E-state index >= 15 is 0 Å². The van der Waals surface area contributed by atoms with Crippen LogP contribution in [0.25, 0.3) is 0 Å². The van der Waals surface area contributed by atoms with Crippen LogP contribution < -0.4 is 11.1 Å². The smallest absolute Gasteiger partial charge is 0.227 e. The number of hydrogen-bond donors (Lipinski definition) is 2. The molecule has 3 heteroatoms. The average Bonchev–Trinajstić information content (AvgIpc) is 2.67. The maximum Gasteiger partial charge on any atom is 0.227 e. The van der Waals surface area contributed by atoms with Crippen molar-refractivity contribution in [3.05, 3.63) is 0 Å². The lowest BCUT2D eigenvalue weighted by Gasteiger charge is -2.41. The molecule has 2 rings (SSSR count). The van der Waals surface area contributed by atoms with Gasteiger partial charge in [0.15, 0.2) is 0 Å². The van der Waals surface area contributed by atoms with Crippen molar-refractivity contribution in [1.82, 2.24) is 5.32 Å². The molecule has 0 radical (unpaired) electrons. The molecule has 3 N–H and O–H groups in total. The molecule has 0 aromatic heterocycles. The first-order valence-electron chi connectivity index (χ1n) is 8.51. The number of nitrogens with two attached hydrogens (primary N) is 1. The van der Waals surface area contributed by atoms with Gasteiger partial charge in [-0.15, -0.1) is 0 Å². The molecule has 1 amide bonds. The normalized spacial score (nSPS) is 29.4. The third-order valence-corrected chi connectivity index (χ3v) is 5.75. The van der Waals surface area contributed by atoms with Crippen LogP contribution in [0, 0.1) is 10.8 Å². The van der Waals surface area contributed by atoms with Gasteiger partial charge in [-0.05, 0) is 31.1 Å². The number of amides is 1. The maximum absolute atomic E-state index is 12.9. The molecule has 0 saturated heterocycles. The molecule has 2 aliphatic carbocycles. The fraction of sp³-hybridized carbons (Fsp3) is 0.941. The van der Waals surface area contributed by atoms with Gasteiger partial charge in [0, 0.05) is 12.6 Å². The van der Waals surface area contributed by atoms with Crippen molar-refractivity contribution in [2.75, 3.05) is 6.54 Å². The number of carbonyl (C=O) groups excluding carboxylic acids is 1. The Bertz CT molecular complexity index is 330. The highest BCUT2D eigenvalue weighted by Gasteiger charge is 2.41. The summed E-state index contributed by atoms with van der Waals surface area (Å²) in [5.41, 5.74) is 5.96. The topological polar surface area (TPSA) is 55.1 Å². The number of carbonyl (C=O) groups is 1. The summed E-state index contributed by atoms with van der Waals surface area (Å²) in [6, 6.07) is 0.329. The Kier molecular flexibility index (Phi) is 5.11. The van der Waals surface area contributed by atoms with Crippen molar-refractivity contribution in [2.45, 2.75) is 84.1 Å². The summed E-state index contributed by atoms with van der Waals surface area (Å²) in [6.45, 7) is 5.09. The first-order chi connectivity index (χ1) is 9.50. The van der Waals surface area contributed by atoms with E-state index in [0.717, 1.165) is 32.1 Å². The Morgan fingerprint density at radius 1 is 1.05 bits per heavy atom. The van der Waals surface area contributed by atoms with E-state index in [0.29, 0.717) is 12.6 Å². The zero-order valence-electron chi connectivity index (χ0n) is 13.3. The fourth-order valence-corrected chi connectivity index (χ4v) is 4.00. The van der Waals surface area contributed by atoms with Crippen LogP contribution in [0.3, 0.4) is 0 Å². The van der Waals surface area contributed by atoms with E-state index in [9.17, 15) is 4.79 Å². The van der Waals surface area contributed by atoms with E-state index in [-0.39, 0.29) is 16.7 Å². The molecule has 116 valence electrons. The highest BCUT2D eigenvalue weighted by atomic mass is 16.2. The predicted molar refractivity (Wildman–Crippen MR) is 83.4 cm³/mol. The zero-order chi connectivity index (χ0) is 14.6. The van der Waals surface area contributed by atoms with Gasteiger partial charge in [-0.25, -0.2) is 0 Å². The van der Waals surface area contributed by atoms with Crippen molar-refractivity contribution in [3.8, 4) is 0 Å². The summed E-state index contributed by atoms with van der Waals surface area (Å²) in [7, 11) is 0. The summed E-state index contributed by atoms with van der Waals surface area (Å²) in [6.07, 6.45) is 11.6. The molecule has 0 spiro atoms. The summed E-state index contributed by atoms with van der Waals surface area (Å²) < 4.78 is 0. The van der Waals surface area contributed by atoms with Crippen molar-refractivity contribution < 1.29 is 4.79 Å². The highest BCUT2D eigenvalue weighted by molar-refractivity contribution is 5.83. The minimum Gasteiger partial charge on any atom is -0.352 e. The summed E-state index contributed by atoms with van der Waals surface area (Å²) in [5, 5.41) is 3.38. The molecule has 0 aliphatic heterocycles. The van der Waals surface area contributed by atoms with Gasteiger partial charge in [-0.2, -0.15) is 0 Å². The maximum atomic E-state index is 12.9. The van der Waals surface area contributed by atoms with E-state index in [1.54, 1.807) is 0 Å². The second kappa shape index (κ2) is 6.46. The lowest BCUT2D eigenvalue weighted by atomic mass is 9.72. The Morgan fingerprint density at radius 2 is 1.65 bits per heavy atom. The zero-order valence-corrected chi connectivity index (χ0v) is 13.3. The Balaban J connectivity index is 2.04. The lowest BCUT2D eigenvalue weighted by molar-refractivity contribution is -0.133. The molecule has 2 aliphatic rings. The summed E-state index contributed by atoms with van der Waals surface area (Å²) in [5.74, 6) is 0.238. The second-order valence-electron chi connectivity index (χ2n) is 7.66. The van der Waals surface area contributed by atoms with Crippen LogP contribution in [-0.4, -0.2) is 18.5 Å². The van der Waals surface area contributed by atoms with E-state index in [1.165, 1.54) is 32.1 Å². The standard InChI is InChI=1S/C17H32N2O/c1-16(2)10-8-5-9-14(16)19-15(20)17(13-18)11-6-3-4-7-12-17/h14H,3-13,18H2,1-2H3,(H,19,20). The quantitative estimate of drug-likeness (QED) is 0.779. The molecular weight excluding hydrogens is 248 g/mol. The summed E-state index contributed by atoms with van der Waals surface area (Å²) >= 11 is 0. The Labute approximate surface area is 124 Å². The average molecular weight is 280 g/mol. The number of nitrogens with one attached hydrogen (secondary N) is 1. The monoisotopic (exact) mass is 280 g/mol. The van der Waals surface area contributed by atoms with Crippen LogP contribution in [-0.2, 0) is 4.79 Å². The molecular formula is C17H32N2O. The predicted octanol–water partition coefficient (Wildman–Crippen LogP) is 3.37. The third kappa shape index (κ3) is 3.36. The van der Waals surface area contributed by atoms with Crippen LogP contribution in [0.15, 0.2) is 0 Å². The molecule has 3 nitrogen and oxygen atoms in total. The SMILES string of the molecule is CC1(C)CCCCC1NC(=O)C1(CN)CCCCCC1. The van der Waals surface area contributed by atoms with Crippen LogP contribution in [0.5, 0.6) is 0 Å². The molecule has 1 atom stereocenters. The second-order valence-corrected chi connectivity index (χ2v) is 7.66. The van der Waals surface area contributed by atoms with E-state index in [1.807, 2.05) is 0 Å². The minimum atomic E-state index is -0.288.